The highest BCUT2D eigenvalue weighted by molar-refractivity contribution is 8.01. The van der Waals surface area contributed by atoms with Crippen molar-refractivity contribution in [3.8, 4) is 0 Å². The van der Waals surface area contributed by atoms with E-state index >= 15 is 0 Å². The molecule has 0 amide bonds. The van der Waals surface area contributed by atoms with Gasteiger partial charge in [0.2, 0.25) is 0 Å². The number of rotatable bonds is 5. The van der Waals surface area contributed by atoms with Crippen LogP contribution in [0, 0.1) is 0 Å². The molecule has 1 heterocycles. The van der Waals surface area contributed by atoms with Gasteiger partial charge in [-0.05, 0) is 63.2 Å². The summed E-state index contributed by atoms with van der Waals surface area (Å²) in [6.45, 7) is 11.8. The van der Waals surface area contributed by atoms with E-state index in [-0.39, 0.29) is 18.3 Å². The standard InChI is InChI=1S/C18H24BNO2S/c1-17(2)18(3,4)22-19(21-17)15-10-7-14(8-11-15)9-12-16(20-5)13-23-6/h7-13H,5H2,1-4,6H3/b12-9+,16-13-. The largest absolute Gasteiger partial charge is 0.494 e. The van der Waals surface area contributed by atoms with Crippen molar-refractivity contribution in [2.75, 3.05) is 6.26 Å². The number of hydrogen-bond acceptors (Lipinski definition) is 4. The van der Waals surface area contributed by atoms with E-state index in [1.54, 1.807) is 11.8 Å². The summed E-state index contributed by atoms with van der Waals surface area (Å²) in [6, 6.07) is 8.19. The first kappa shape index (κ1) is 18.0. The predicted molar refractivity (Wildman–Crippen MR) is 102 cm³/mol. The van der Waals surface area contributed by atoms with E-state index in [9.17, 15) is 0 Å². The first-order valence-corrected chi connectivity index (χ1v) is 8.91. The minimum Gasteiger partial charge on any atom is -0.399 e. The Morgan fingerprint density at radius 2 is 1.70 bits per heavy atom. The zero-order chi connectivity index (χ0) is 17.1. The number of aliphatic imine (C=N–C) groups is 1. The lowest BCUT2D eigenvalue weighted by atomic mass is 9.79. The van der Waals surface area contributed by atoms with E-state index in [1.807, 2.05) is 35.9 Å². The third kappa shape index (κ3) is 4.16. The molecule has 23 heavy (non-hydrogen) atoms. The van der Waals surface area contributed by atoms with E-state index in [0.29, 0.717) is 0 Å². The molecule has 0 N–H and O–H groups in total. The summed E-state index contributed by atoms with van der Waals surface area (Å²) in [6.07, 6.45) is 5.97. The summed E-state index contributed by atoms with van der Waals surface area (Å²) in [4.78, 5) is 3.97. The fourth-order valence-corrected chi connectivity index (χ4v) is 2.57. The van der Waals surface area contributed by atoms with Gasteiger partial charge >= 0.3 is 7.12 Å². The average Bonchev–Trinajstić information content (AvgIpc) is 2.72. The van der Waals surface area contributed by atoms with E-state index in [1.165, 1.54) is 0 Å². The minimum atomic E-state index is -0.320. The van der Waals surface area contributed by atoms with Crippen molar-refractivity contribution in [2.45, 2.75) is 38.9 Å². The van der Waals surface area contributed by atoms with E-state index in [4.69, 9.17) is 9.31 Å². The van der Waals surface area contributed by atoms with Gasteiger partial charge in [-0.25, -0.2) is 0 Å². The SMILES string of the molecule is C=NC(=C\SC)/C=C/c1ccc(B2OC(C)(C)C(C)(C)O2)cc1. The third-order valence-electron chi connectivity index (χ3n) is 4.33. The molecule has 1 fully saturated rings. The fourth-order valence-electron chi connectivity index (χ4n) is 2.18. The smallest absolute Gasteiger partial charge is 0.399 e. The first-order valence-electron chi connectivity index (χ1n) is 7.62. The minimum absolute atomic E-state index is 0.316. The number of benzene rings is 1. The Bertz CT molecular complexity index is 604. The molecule has 0 aliphatic carbocycles. The van der Waals surface area contributed by atoms with Crippen LogP contribution in [0.1, 0.15) is 33.3 Å². The maximum atomic E-state index is 6.06. The predicted octanol–water partition coefficient (Wildman–Crippen LogP) is 3.90. The van der Waals surface area contributed by atoms with Crippen molar-refractivity contribution in [1.29, 1.82) is 0 Å². The second-order valence-electron chi connectivity index (χ2n) is 6.52. The molecule has 0 radical (unpaired) electrons. The fraction of sp³-hybridized carbons (Fsp3) is 0.389. The summed E-state index contributed by atoms with van der Waals surface area (Å²) in [5, 5.41) is 1.96. The highest BCUT2D eigenvalue weighted by Gasteiger charge is 2.51. The summed E-state index contributed by atoms with van der Waals surface area (Å²) in [7, 11) is -0.320. The van der Waals surface area contributed by atoms with Crippen LogP contribution in [0.15, 0.2) is 46.4 Å². The van der Waals surface area contributed by atoms with Gasteiger partial charge in [-0.15, -0.1) is 11.8 Å². The number of hydrogen-bond donors (Lipinski definition) is 0. The van der Waals surface area contributed by atoms with Crippen molar-refractivity contribution < 1.29 is 9.31 Å². The molecule has 2 rings (SSSR count). The Labute approximate surface area is 144 Å². The van der Waals surface area contributed by atoms with Gasteiger partial charge in [0, 0.05) is 0 Å². The van der Waals surface area contributed by atoms with E-state index < -0.39 is 0 Å². The van der Waals surface area contributed by atoms with Gasteiger partial charge in [0.05, 0.1) is 16.9 Å². The van der Waals surface area contributed by atoms with Gasteiger partial charge in [0.1, 0.15) is 0 Å². The van der Waals surface area contributed by atoms with Crippen LogP contribution < -0.4 is 5.46 Å². The van der Waals surface area contributed by atoms with Crippen LogP contribution in [-0.2, 0) is 9.31 Å². The van der Waals surface area contributed by atoms with Crippen molar-refractivity contribution >= 4 is 37.1 Å². The van der Waals surface area contributed by atoms with Gasteiger partial charge < -0.3 is 9.31 Å². The number of thioether (sulfide) groups is 1. The topological polar surface area (TPSA) is 30.8 Å². The number of allylic oxidation sites excluding steroid dienone is 1. The molecule has 0 unspecified atom stereocenters. The Hall–Kier alpha value is -1.30. The molecule has 0 spiro atoms. The van der Waals surface area contributed by atoms with Gasteiger partial charge in [-0.1, -0.05) is 30.3 Å². The zero-order valence-electron chi connectivity index (χ0n) is 14.5. The monoisotopic (exact) mass is 329 g/mol. The molecule has 1 aliphatic heterocycles. The Balaban J connectivity index is 2.11. The molecule has 1 aliphatic rings. The van der Waals surface area contributed by atoms with Gasteiger partial charge in [-0.2, -0.15) is 0 Å². The van der Waals surface area contributed by atoms with Crippen molar-refractivity contribution in [3.05, 3.63) is 47.0 Å². The lowest BCUT2D eigenvalue weighted by molar-refractivity contribution is 0.00578. The molecule has 1 aromatic rings. The van der Waals surface area contributed by atoms with E-state index in [0.717, 1.165) is 16.7 Å². The van der Waals surface area contributed by atoms with E-state index in [2.05, 4.69) is 51.5 Å². The second-order valence-corrected chi connectivity index (χ2v) is 7.23. The molecule has 1 saturated heterocycles. The molecule has 0 bridgehead atoms. The summed E-state index contributed by atoms with van der Waals surface area (Å²) < 4.78 is 12.1. The van der Waals surface area contributed by atoms with Crippen LogP contribution in [-0.4, -0.2) is 31.3 Å². The average molecular weight is 329 g/mol. The number of nitrogens with zero attached hydrogens (tertiary/aromatic N) is 1. The Kier molecular flexibility index (Phi) is 5.55. The van der Waals surface area contributed by atoms with Gasteiger partial charge in [-0.3, -0.25) is 4.99 Å². The molecular formula is C18H24BNO2S. The Morgan fingerprint density at radius 1 is 1.13 bits per heavy atom. The quantitative estimate of drug-likeness (QED) is 0.466. The molecule has 0 atom stereocenters. The molecule has 1 aromatic carbocycles. The lowest BCUT2D eigenvalue weighted by Crippen LogP contribution is -2.41. The van der Waals surface area contributed by atoms with Crippen molar-refractivity contribution in [3.63, 3.8) is 0 Å². The second kappa shape index (κ2) is 7.08. The van der Waals surface area contributed by atoms with Crippen LogP contribution in [0.3, 0.4) is 0 Å². The zero-order valence-corrected chi connectivity index (χ0v) is 15.3. The van der Waals surface area contributed by atoms with Crippen LogP contribution >= 0.6 is 11.8 Å². The molecule has 3 nitrogen and oxygen atoms in total. The van der Waals surface area contributed by atoms with Crippen LogP contribution in [0.2, 0.25) is 0 Å². The maximum absolute atomic E-state index is 6.06. The summed E-state index contributed by atoms with van der Waals surface area (Å²) in [5.74, 6) is 0. The van der Waals surface area contributed by atoms with Gasteiger partial charge in [0.25, 0.3) is 0 Å². The molecule has 5 heteroatoms. The van der Waals surface area contributed by atoms with Crippen molar-refractivity contribution in [2.24, 2.45) is 4.99 Å². The molecule has 0 saturated carbocycles. The highest BCUT2D eigenvalue weighted by atomic mass is 32.2. The Morgan fingerprint density at radius 3 is 2.17 bits per heavy atom. The lowest BCUT2D eigenvalue weighted by Gasteiger charge is -2.32. The highest BCUT2D eigenvalue weighted by Crippen LogP contribution is 2.36. The van der Waals surface area contributed by atoms with Crippen molar-refractivity contribution in [1.82, 2.24) is 0 Å². The van der Waals surface area contributed by atoms with Crippen LogP contribution in [0.5, 0.6) is 0 Å². The molecule has 0 aromatic heterocycles. The van der Waals surface area contributed by atoms with Crippen LogP contribution in [0.25, 0.3) is 6.08 Å². The maximum Gasteiger partial charge on any atom is 0.494 e. The first-order chi connectivity index (χ1) is 10.8. The molecular weight excluding hydrogens is 305 g/mol. The normalized spacial score (nSPS) is 20.2. The summed E-state index contributed by atoms with van der Waals surface area (Å²) >= 11 is 1.61. The third-order valence-corrected chi connectivity index (χ3v) is 4.81. The van der Waals surface area contributed by atoms with Crippen LogP contribution in [0.4, 0.5) is 0 Å². The van der Waals surface area contributed by atoms with Gasteiger partial charge in [0.15, 0.2) is 0 Å². The molecule has 122 valence electrons. The summed E-state index contributed by atoms with van der Waals surface area (Å²) in [5.41, 5.74) is 2.35.